The van der Waals surface area contributed by atoms with Gasteiger partial charge in [0.2, 0.25) is 0 Å². The van der Waals surface area contributed by atoms with Crippen molar-refractivity contribution in [3.8, 4) is 0 Å². The Bertz CT molecular complexity index is 628. The Morgan fingerprint density at radius 2 is 2.21 bits per heavy atom. The molecule has 1 aromatic heterocycles. The zero-order valence-corrected chi connectivity index (χ0v) is 14.0. The van der Waals surface area contributed by atoms with E-state index < -0.39 is 5.91 Å². The number of ether oxygens (including phenoxy) is 1. The molecule has 6 heteroatoms. The van der Waals surface area contributed by atoms with Gasteiger partial charge in [0.1, 0.15) is 0 Å². The molecule has 2 aliphatic heterocycles. The first-order chi connectivity index (χ1) is 11.7. The Hall–Kier alpha value is -1.50. The zero-order valence-electron chi connectivity index (χ0n) is 14.0. The van der Waals surface area contributed by atoms with E-state index in [1.54, 1.807) is 11.7 Å². The van der Waals surface area contributed by atoms with Crippen molar-refractivity contribution in [2.75, 3.05) is 19.8 Å². The van der Waals surface area contributed by atoms with Crippen molar-refractivity contribution < 1.29 is 14.7 Å². The Balaban J connectivity index is 1.44. The molecule has 1 aromatic rings. The normalized spacial score (nSPS) is 26.3. The van der Waals surface area contributed by atoms with Crippen LogP contribution in [0.25, 0.3) is 0 Å². The summed E-state index contributed by atoms with van der Waals surface area (Å²) in [6.45, 7) is 3.74. The van der Waals surface area contributed by atoms with Gasteiger partial charge in [-0.1, -0.05) is 0 Å². The Morgan fingerprint density at radius 1 is 1.38 bits per heavy atom. The summed E-state index contributed by atoms with van der Waals surface area (Å²) in [6, 6.07) is 2.51. The van der Waals surface area contributed by atoms with Gasteiger partial charge in [-0.25, -0.2) is 5.48 Å². The van der Waals surface area contributed by atoms with Crippen LogP contribution in [0.4, 0.5) is 0 Å². The zero-order chi connectivity index (χ0) is 16.6. The fraction of sp³-hybridized carbons (Fsp3) is 0.667. The summed E-state index contributed by atoms with van der Waals surface area (Å²) >= 11 is 0. The van der Waals surface area contributed by atoms with E-state index in [0.29, 0.717) is 17.0 Å². The third-order valence-corrected chi connectivity index (χ3v) is 6.19. The summed E-state index contributed by atoms with van der Waals surface area (Å²) in [5, 5.41) is 8.75. The average Bonchev–Trinajstić information content (AvgIpc) is 3.04. The van der Waals surface area contributed by atoms with Crippen molar-refractivity contribution in [3.05, 3.63) is 29.1 Å². The fourth-order valence-corrected chi connectivity index (χ4v) is 4.68. The van der Waals surface area contributed by atoms with Gasteiger partial charge in [-0.3, -0.25) is 19.9 Å². The van der Waals surface area contributed by atoms with E-state index in [2.05, 4.69) is 9.88 Å². The number of fused-ring (bicyclic) bond motifs is 1. The Labute approximate surface area is 142 Å². The van der Waals surface area contributed by atoms with E-state index in [0.717, 1.165) is 44.0 Å². The maximum absolute atomic E-state index is 11.5. The molecule has 0 radical (unpaired) electrons. The second-order valence-corrected chi connectivity index (χ2v) is 7.50. The lowest BCUT2D eigenvalue weighted by Crippen LogP contribution is -2.39. The maximum atomic E-state index is 11.5. The number of hydrogen-bond donors (Lipinski definition) is 2. The third kappa shape index (κ3) is 2.94. The molecule has 3 aliphatic rings. The average molecular weight is 331 g/mol. The number of rotatable bonds is 2. The largest absolute Gasteiger partial charge is 0.381 e. The summed E-state index contributed by atoms with van der Waals surface area (Å²) in [5.41, 5.74) is 4.81. The van der Waals surface area contributed by atoms with Crippen molar-refractivity contribution in [1.82, 2.24) is 15.4 Å². The second-order valence-electron chi connectivity index (χ2n) is 7.50. The van der Waals surface area contributed by atoms with Crippen LogP contribution in [0, 0.1) is 5.41 Å². The van der Waals surface area contributed by atoms with Gasteiger partial charge in [0.05, 0.1) is 11.3 Å². The van der Waals surface area contributed by atoms with Crippen LogP contribution in [0.15, 0.2) is 12.3 Å². The van der Waals surface area contributed by atoms with E-state index in [1.165, 1.54) is 32.1 Å². The van der Waals surface area contributed by atoms with E-state index in [9.17, 15) is 4.79 Å². The molecule has 1 aliphatic carbocycles. The van der Waals surface area contributed by atoms with Gasteiger partial charge in [0, 0.05) is 38.5 Å². The van der Waals surface area contributed by atoms with E-state index >= 15 is 0 Å². The van der Waals surface area contributed by atoms with Crippen molar-refractivity contribution >= 4 is 5.91 Å². The van der Waals surface area contributed by atoms with Crippen LogP contribution in [-0.2, 0) is 17.7 Å². The van der Waals surface area contributed by atoms with Crippen molar-refractivity contribution in [2.24, 2.45) is 5.41 Å². The SMILES string of the molecule is O=C(NO)c1cnc2c(c1)CCN([C@H]1CCC3(CCOCC3)C1)C2. The van der Waals surface area contributed by atoms with Crippen LogP contribution >= 0.6 is 0 Å². The topological polar surface area (TPSA) is 74.7 Å². The van der Waals surface area contributed by atoms with Gasteiger partial charge in [-0.2, -0.15) is 0 Å². The molecule has 1 saturated heterocycles. The van der Waals surface area contributed by atoms with Crippen LogP contribution in [0.3, 0.4) is 0 Å². The number of aromatic nitrogens is 1. The van der Waals surface area contributed by atoms with Gasteiger partial charge in [0.15, 0.2) is 0 Å². The van der Waals surface area contributed by atoms with Gasteiger partial charge < -0.3 is 4.74 Å². The second kappa shape index (κ2) is 6.43. The van der Waals surface area contributed by atoms with Crippen molar-refractivity contribution in [1.29, 1.82) is 0 Å². The summed E-state index contributed by atoms with van der Waals surface area (Å²) in [4.78, 5) is 18.6. The minimum atomic E-state index is -0.495. The Kier molecular flexibility index (Phi) is 4.28. The predicted molar refractivity (Wildman–Crippen MR) is 87.7 cm³/mol. The molecule has 0 bridgehead atoms. The van der Waals surface area contributed by atoms with Gasteiger partial charge in [0.25, 0.3) is 5.91 Å². The molecule has 6 nitrogen and oxygen atoms in total. The minimum absolute atomic E-state index is 0.423. The number of pyridine rings is 1. The number of hydroxylamine groups is 1. The number of nitrogens with one attached hydrogen (secondary N) is 1. The number of hydrogen-bond acceptors (Lipinski definition) is 5. The molecule has 4 rings (SSSR count). The van der Waals surface area contributed by atoms with Gasteiger partial charge >= 0.3 is 0 Å². The highest BCUT2D eigenvalue weighted by Crippen LogP contribution is 2.47. The lowest BCUT2D eigenvalue weighted by atomic mass is 9.78. The molecule has 0 aromatic carbocycles. The van der Waals surface area contributed by atoms with E-state index in [-0.39, 0.29) is 0 Å². The van der Waals surface area contributed by atoms with Crippen LogP contribution in [0.1, 0.15) is 53.7 Å². The molecule has 0 unspecified atom stereocenters. The first kappa shape index (κ1) is 16.0. The molecular formula is C18H25N3O3. The van der Waals surface area contributed by atoms with Crippen LogP contribution < -0.4 is 5.48 Å². The van der Waals surface area contributed by atoms with Gasteiger partial charge in [-0.05, 0) is 55.6 Å². The number of amides is 1. The number of carbonyl (C=O) groups is 1. The quantitative estimate of drug-likeness (QED) is 0.640. The molecule has 1 atom stereocenters. The predicted octanol–water partition coefficient (Wildman–Crippen LogP) is 1.91. The molecule has 130 valence electrons. The number of carbonyl (C=O) groups excluding carboxylic acids is 1. The third-order valence-electron chi connectivity index (χ3n) is 6.19. The summed E-state index contributed by atoms with van der Waals surface area (Å²) in [5.74, 6) is -0.495. The molecule has 1 saturated carbocycles. The molecule has 1 spiro atoms. The van der Waals surface area contributed by atoms with E-state index in [4.69, 9.17) is 9.94 Å². The monoisotopic (exact) mass is 331 g/mol. The highest BCUT2D eigenvalue weighted by molar-refractivity contribution is 5.93. The maximum Gasteiger partial charge on any atom is 0.276 e. The number of nitrogens with zero attached hydrogens (tertiary/aromatic N) is 2. The van der Waals surface area contributed by atoms with Gasteiger partial charge in [-0.15, -0.1) is 0 Å². The lowest BCUT2D eigenvalue weighted by Gasteiger charge is -2.37. The van der Waals surface area contributed by atoms with Crippen LogP contribution in [0.5, 0.6) is 0 Å². The summed E-state index contributed by atoms with van der Waals surface area (Å²) in [7, 11) is 0. The van der Waals surface area contributed by atoms with Crippen molar-refractivity contribution in [2.45, 2.75) is 51.1 Å². The van der Waals surface area contributed by atoms with Crippen LogP contribution in [0.2, 0.25) is 0 Å². The van der Waals surface area contributed by atoms with Crippen LogP contribution in [-0.4, -0.2) is 46.8 Å². The van der Waals surface area contributed by atoms with Crippen molar-refractivity contribution in [3.63, 3.8) is 0 Å². The first-order valence-electron chi connectivity index (χ1n) is 8.93. The smallest absolute Gasteiger partial charge is 0.276 e. The molecular weight excluding hydrogens is 306 g/mol. The minimum Gasteiger partial charge on any atom is -0.381 e. The highest BCUT2D eigenvalue weighted by atomic mass is 16.5. The Morgan fingerprint density at radius 3 is 3.00 bits per heavy atom. The van der Waals surface area contributed by atoms with E-state index in [1.807, 2.05) is 6.07 Å². The standard InChI is InChI=1S/C18H25N3O3/c22-17(20-23)14-9-13-2-6-21(12-16(13)19-11-14)15-1-3-18(10-15)4-7-24-8-5-18/h9,11,15,23H,1-8,10,12H2,(H,20,22)/t15-/m0/s1. The lowest BCUT2D eigenvalue weighted by molar-refractivity contribution is 0.0132. The fourth-order valence-electron chi connectivity index (χ4n) is 4.68. The summed E-state index contributed by atoms with van der Waals surface area (Å²) in [6.07, 6.45) is 8.80. The molecule has 1 amide bonds. The molecule has 2 N–H and O–H groups in total. The highest BCUT2D eigenvalue weighted by Gasteiger charge is 2.42. The summed E-state index contributed by atoms with van der Waals surface area (Å²) < 4.78 is 5.55. The molecule has 24 heavy (non-hydrogen) atoms. The first-order valence-corrected chi connectivity index (χ1v) is 8.93. The molecule has 2 fully saturated rings. The molecule has 3 heterocycles.